The fourth-order valence-corrected chi connectivity index (χ4v) is 2.40. The number of aryl methyl sites for hydroxylation is 2. The number of rotatable bonds is 4. The van der Waals surface area contributed by atoms with Crippen molar-refractivity contribution in [3.05, 3.63) is 53.2 Å². The number of nitrogen functional groups attached to an aromatic ring is 1. The summed E-state index contributed by atoms with van der Waals surface area (Å²) in [4.78, 5) is 4.15. The number of nitrogens with two attached hydrogens (primary N) is 1. The maximum absolute atomic E-state index is 5.80. The first kappa shape index (κ1) is 12.0. The highest BCUT2D eigenvalue weighted by Crippen LogP contribution is 2.26. The molecular formula is C15H17N3O. The Labute approximate surface area is 112 Å². The third kappa shape index (κ3) is 2.69. The monoisotopic (exact) mass is 255 g/mol. The first-order valence-electron chi connectivity index (χ1n) is 6.51. The number of pyridine rings is 1. The van der Waals surface area contributed by atoms with Crippen LogP contribution in [-0.2, 0) is 19.4 Å². The van der Waals surface area contributed by atoms with Crippen LogP contribution >= 0.6 is 0 Å². The Morgan fingerprint density at radius 1 is 1.16 bits per heavy atom. The lowest BCUT2D eigenvalue weighted by atomic mass is 10.1. The number of hydrazine groups is 1. The van der Waals surface area contributed by atoms with Crippen molar-refractivity contribution < 1.29 is 4.74 Å². The van der Waals surface area contributed by atoms with Crippen molar-refractivity contribution in [1.82, 2.24) is 4.98 Å². The molecule has 0 unspecified atom stereocenters. The van der Waals surface area contributed by atoms with Crippen LogP contribution in [0.25, 0.3) is 0 Å². The predicted molar refractivity (Wildman–Crippen MR) is 74.8 cm³/mol. The van der Waals surface area contributed by atoms with E-state index < -0.39 is 0 Å². The molecule has 1 heterocycles. The molecule has 3 N–H and O–H groups in total. The molecule has 0 bridgehead atoms. The number of hydrogen-bond donors (Lipinski definition) is 2. The van der Waals surface area contributed by atoms with Crippen molar-refractivity contribution in [1.29, 1.82) is 0 Å². The van der Waals surface area contributed by atoms with Gasteiger partial charge in [-0.15, -0.1) is 0 Å². The van der Waals surface area contributed by atoms with Gasteiger partial charge in [0, 0.05) is 11.8 Å². The fourth-order valence-electron chi connectivity index (χ4n) is 2.40. The average molecular weight is 255 g/mol. The number of anilines is 1. The van der Waals surface area contributed by atoms with E-state index in [4.69, 9.17) is 10.6 Å². The van der Waals surface area contributed by atoms with Gasteiger partial charge in [-0.25, -0.2) is 10.8 Å². The molecule has 0 aliphatic heterocycles. The number of nitrogens with one attached hydrogen (secondary N) is 1. The molecule has 1 aliphatic rings. The van der Waals surface area contributed by atoms with Gasteiger partial charge in [0.05, 0.1) is 0 Å². The van der Waals surface area contributed by atoms with Crippen LogP contribution in [0.2, 0.25) is 0 Å². The number of aromatic nitrogens is 1. The topological polar surface area (TPSA) is 60.2 Å². The number of benzene rings is 1. The predicted octanol–water partition coefficient (Wildman–Crippen LogP) is 2.43. The van der Waals surface area contributed by atoms with Gasteiger partial charge in [0.2, 0.25) is 0 Å². The molecule has 0 fully saturated rings. The summed E-state index contributed by atoms with van der Waals surface area (Å²) in [6.45, 7) is 0.524. The molecule has 0 amide bonds. The zero-order chi connectivity index (χ0) is 13.1. The molecule has 0 radical (unpaired) electrons. The summed E-state index contributed by atoms with van der Waals surface area (Å²) < 4.78 is 5.80. The number of hydrogen-bond acceptors (Lipinski definition) is 4. The van der Waals surface area contributed by atoms with E-state index in [1.165, 1.54) is 30.4 Å². The number of fused-ring (bicyclic) bond motifs is 1. The zero-order valence-corrected chi connectivity index (χ0v) is 10.7. The van der Waals surface area contributed by atoms with E-state index >= 15 is 0 Å². The lowest BCUT2D eigenvalue weighted by Gasteiger charge is -2.08. The Hall–Kier alpha value is -2.07. The Kier molecular flexibility index (Phi) is 3.33. The van der Waals surface area contributed by atoms with Gasteiger partial charge in [0.15, 0.2) is 0 Å². The van der Waals surface area contributed by atoms with Crippen molar-refractivity contribution in [3.63, 3.8) is 0 Å². The molecular weight excluding hydrogens is 238 g/mol. The summed E-state index contributed by atoms with van der Waals surface area (Å²) in [6, 6.07) is 10.2. The molecule has 3 rings (SSSR count). The van der Waals surface area contributed by atoms with Crippen molar-refractivity contribution in [2.75, 3.05) is 5.43 Å². The highest BCUT2D eigenvalue weighted by atomic mass is 16.5. The largest absolute Gasteiger partial charge is 0.489 e. The molecule has 4 heteroatoms. The molecule has 0 atom stereocenters. The Morgan fingerprint density at radius 2 is 2.05 bits per heavy atom. The van der Waals surface area contributed by atoms with Gasteiger partial charge >= 0.3 is 0 Å². The summed E-state index contributed by atoms with van der Waals surface area (Å²) >= 11 is 0. The van der Waals surface area contributed by atoms with Gasteiger partial charge in [-0.2, -0.15) is 0 Å². The molecule has 0 saturated heterocycles. The van der Waals surface area contributed by atoms with Crippen molar-refractivity contribution >= 4 is 5.82 Å². The number of ether oxygens (including phenoxy) is 1. The molecule has 1 aromatic carbocycles. The molecule has 0 spiro atoms. The third-order valence-corrected chi connectivity index (χ3v) is 3.45. The highest BCUT2D eigenvalue weighted by Gasteiger charge is 2.11. The first-order valence-corrected chi connectivity index (χ1v) is 6.51. The molecule has 1 aliphatic carbocycles. The van der Waals surface area contributed by atoms with Gasteiger partial charge in [-0.3, -0.25) is 0 Å². The van der Waals surface area contributed by atoms with Crippen LogP contribution in [0.5, 0.6) is 5.75 Å². The summed E-state index contributed by atoms with van der Waals surface area (Å²) in [7, 11) is 0. The van der Waals surface area contributed by atoms with Crippen molar-refractivity contribution in [2.24, 2.45) is 5.84 Å². The molecule has 1 aromatic heterocycles. The summed E-state index contributed by atoms with van der Waals surface area (Å²) in [5, 5.41) is 0. The maximum Gasteiger partial charge on any atom is 0.139 e. The van der Waals surface area contributed by atoms with Gasteiger partial charge in [-0.05, 0) is 48.6 Å². The van der Waals surface area contributed by atoms with Crippen LogP contribution in [-0.4, -0.2) is 4.98 Å². The Balaban J connectivity index is 1.65. The van der Waals surface area contributed by atoms with Crippen molar-refractivity contribution in [3.8, 4) is 5.75 Å². The fraction of sp³-hybridized carbons (Fsp3) is 0.267. The van der Waals surface area contributed by atoms with E-state index in [-0.39, 0.29) is 0 Å². The second-order valence-electron chi connectivity index (χ2n) is 4.77. The second kappa shape index (κ2) is 5.28. The van der Waals surface area contributed by atoms with E-state index in [2.05, 4.69) is 22.5 Å². The van der Waals surface area contributed by atoms with E-state index in [1.54, 1.807) is 6.20 Å². The Morgan fingerprint density at radius 3 is 2.84 bits per heavy atom. The minimum Gasteiger partial charge on any atom is -0.489 e. The van der Waals surface area contributed by atoms with E-state index in [0.29, 0.717) is 12.4 Å². The van der Waals surface area contributed by atoms with E-state index in [1.807, 2.05) is 18.2 Å². The normalized spacial score (nSPS) is 13.1. The lowest BCUT2D eigenvalue weighted by Crippen LogP contribution is -2.08. The summed E-state index contributed by atoms with van der Waals surface area (Å²) in [6.07, 6.45) is 5.40. The van der Waals surface area contributed by atoms with E-state index in [0.717, 1.165) is 11.3 Å². The Bertz CT molecular complexity index is 566. The summed E-state index contributed by atoms with van der Waals surface area (Å²) in [5.41, 5.74) is 6.43. The first-order chi connectivity index (χ1) is 9.35. The zero-order valence-electron chi connectivity index (χ0n) is 10.7. The van der Waals surface area contributed by atoms with Crippen LogP contribution < -0.4 is 16.0 Å². The van der Waals surface area contributed by atoms with Crippen LogP contribution in [0.1, 0.15) is 23.1 Å². The quantitative estimate of drug-likeness (QED) is 0.650. The minimum atomic E-state index is 0.524. The molecule has 4 nitrogen and oxygen atoms in total. The minimum absolute atomic E-state index is 0.524. The second-order valence-corrected chi connectivity index (χ2v) is 4.77. The van der Waals surface area contributed by atoms with Gasteiger partial charge in [0.1, 0.15) is 18.2 Å². The van der Waals surface area contributed by atoms with Gasteiger partial charge in [-0.1, -0.05) is 12.1 Å². The highest BCUT2D eigenvalue weighted by molar-refractivity contribution is 5.38. The van der Waals surface area contributed by atoms with Crippen LogP contribution in [0.15, 0.2) is 36.5 Å². The van der Waals surface area contributed by atoms with E-state index in [9.17, 15) is 0 Å². The van der Waals surface area contributed by atoms with Crippen LogP contribution in [0, 0.1) is 0 Å². The molecule has 0 saturated carbocycles. The lowest BCUT2D eigenvalue weighted by molar-refractivity contribution is 0.305. The van der Waals surface area contributed by atoms with Gasteiger partial charge in [0.25, 0.3) is 0 Å². The smallest absolute Gasteiger partial charge is 0.139 e. The summed E-state index contributed by atoms with van der Waals surface area (Å²) in [5.74, 6) is 6.86. The molecule has 2 aromatic rings. The molecule has 98 valence electrons. The average Bonchev–Trinajstić information content (AvgIpc) is 2.93. The molecule has 19 heavy (non-hydrogen) atoms. The van der Waals surface area contributed by atoms with Gasteiger partial charge < -0.3 is 10.2 Å². The van der Waals surface area contributed by atoms with Crippen molar-refractivity contribution in [2.45, 2.75) is 25.9 Å². The number of nitrogens with zero attached hydrogens (tertiary/aromatic N) is 1. The maximum atomic E-state index is 5.80. The van der Waals surface area contributed by atoms with Crippen LogP contribution in [0.4, 0.5) is 5.82 Å². The SMILES string of the molecule is NNc1ccc(COc2ccc3c(c2)CCC3)cn1. The third-order valence-electron chi connectivity index (χ3n) is 3.45. The standard InChI is InChI=1S/C15H17N3O/c16-18-15-7-4-11(9-17-15)10-19-14-6-5-12-2-1-3-13(12)8-14/h4-9H,1-3,10,16H2,(H,17,18). The van der Waals surface area contributed by atoms with Crippen LogP contribution in [0.3, 0.4) is 0 Å².